The highest BCUT2D eigenvalue weighted by Gasteiger charge is 2.36. The van der Waals surface area contributed by atoms with Crippen molar-refractivity contribution < 1.29 is 17.9 Å². The molecule has 0 heterocycles. The summed E-state index contributed by atoms with van der Waals surface area (Å²) in [4.78, 5) is 11.9. The molecule has 1 saturated carbocycles. The zero-order valence-electron chi connectivity index (χ0n) is 10.9. The average Bonchev–Trinajstić information content (AvgIpc) is 3.19. The lowest BCUT2D eigenvalue weighted by Gasteiger charge is -2.17. The molecule has 0 bridgehead atoms. The first-order valence-corrected chi connectivity index (χ1v) is 7.95. The Bertz CT molecular complexity index is 561. The Morgan fingerprint density at radius 1 is 1.32 bits per heavy atom. The Kier molecular flexibility index (Phi) is 3.80. The SMILES string of the molecule is COC(=O)C(Nc1ccc(S(C)(=O)=O)cc1)C1CC1. The van der Waals surface area contributed by atoms with E-state index in [2.05, 4.69) is 5.32 Å². The highest BCUT2D eigenvalue weighted by Crippen LogP contribution is 2.34. The van der Waals surface area contributed by atoms with E-state index in [4.69, 9.17) is 4.74 Å². The average molecular weight is 283 g/mol. The van der Waals surface area contributed by atoms with Crippen LogP contribution < -0.4 is 5.32 Å². The molecule has 5 nitrogen and oxygen atoms in total. The van der Waals surface area contributed by atoms with Crippen LogP contribution in [0.1, 0.15) is 12.8 Å². The van der Waals surface area contributed by atoms with E-state index in [-0.39, 0.29) is 16.9 Å². The number of methoxy groups -OCH3 is 1. The van der Waals surface area contributed by atoms with Gasteiger partial charge in [0.25, 0.3) is 0 Å². The Balaban J connectivity index is 2.12. The molecule has 6 heteroatoms. The predicted molar refractivity (Wildman–Crippen MR) is 71.7 cm³/mol. The van der Waals surface area contributed by atoms with Crippen LogP contribution in [0.2, 0.25) is 0 Å². The van der Waals surface area contributed by atoms with Crippen LogP contribution >= 0.6 is 0 Å². The molecule has 1 aliphatic carbocycles. The maximum Gasteiger partial charge on any atom is 0.328 e. The summed E-state index contributed by atoms with van der Waals surface area (Å²) < 4.78 is 27.5. The van der Waals surface area contributed by atoms with Gasteiger partial charge in [-0.05, 0) is 43.0 Å². The number of anilines is 1. The summed E-state index contributed by atoms with van der Waals surface area (Å²) >= 11 is 0. The van der Waals surface area contributed by atoms with E-state index in [1.807, 2.05) is 0 Å². The van der Waals surface area contributed by atoms with Crippen molar-refractivity contribution in [1.29, 1.82) is 0 Å². The maximum absolute atomic E-state index is 11.6. The lowest BCUT2D eigenvalue weighted by atomic mass is 10.1. The predicted octanol–water partition coefficient (Wildman–Crippen LogP) is 1.45. The van der Waals surface area contributed by atoms with Gasteiger partial charge < -0.3 is 10.1 Å². The quantitative estimate of drug-likeness (QED) is 0.828. The van der Waals surface area contributed by atoms with Crippen LogP contribution in [-0.4, -0.2) is 33.8 Å². The third kappa shape index (κ3) is 3.47. The van der Waals surface area contributed by atoms with Gasteiger partial charge in [-0.15, -0.1) is 0 Å². The third-order valence-electron chi connectivity index (χ3n) is 3.15. The van der Waals surface area contributed by atoms with Crippen LogP contribution in [0, 0.1) is 5.92 Å². The first-order valence-electron chi connectivity index (χ1n) is 6.06. The standard InChI is InChI=1S/C13H17NO4S/c1-18-13(15)12(9-3-4-9)14-10-5-7-11(8-6-10)19(2,16)17/h5-9,12,14H,3-4H2,1-2H3. The van der Waals surface area contributed by atoms with Crippen LogP contribution in [0.3, 0.4) is 0 Å². The molecule has 0 amide bonds. The monoisotopic (exact) mass is 283 g/mol. The zero-order chi connectivity index (χ0) is 14.0. The van der Waals surface area contributed by atoms with Crippen molar-refractivity contribution in [1.82, 2.24) is 0 Å². The number of hydrogen-bond acceptors (Lipinski definition) is 5. The molecule has 0 saturated heterocycles. The summed E-state index contributed by atoms with van der Waals surface area (Å²) in [7, 11) is -1.83. The number of sulfone groups is 1. The fraction of sp³-hybridized carbons (Fsp3) is 0.462. The van der Waals surface area contributed by atoms with Crippen LogP contribution in [-0.2, 0) is 19.4 Å². The molecule has 0 spiro atoms. The molecule has 0 aromatic heterocycles. The summed E-state index contributed by atoms with van der Waals surface area (Å²) in [5.74, 6) is 0.0247. The number of hydrogen-bond donors (Lipinski definition) is 1. The van der Waals surface area contributed by atoms with Crippen LogP contribution in [0.15, 0.2) is 29.2 Å². The van der Waals surface area contributed by atoms with Gasteiger partial charge in [0.1, 0.15) is 6.04 Å². The molecule has 1 aliphatic rings. The second-order valence-corrected chi connectivity index (χ2v) is 6.79. The molecule has 1 fully saturated rings. The lowest BCUT2D eigenvalue weighted by Crippen LogP contribution is -2.32. The van der Waals surface area contributed by atoms with Crippen molar-refractivity contribution in [2.75, 3.05) is 18.7 Å². The van der Waals surface area contributed by atoms with Crippen molar-refractivity contribution in [2.45, 2.75) is 23.8 Å². The van der Waals surface area contributed by atoms with Gasteiger partial charge in [-0.3, -0.25) is 0 Å². The Morgan fingerprint density at radius 3 is 2.32 bits per heavy atom. The van der Waals surface area contributed by atoms with Gasteiger partial charge in [0.05, 0.1) is 12.0 Å². The van der Waals surface area contributed by atoms with E-state index < -0.39 is 9.84 Å². The van der Waals surface area contributed by atoms with Gasteiger partial charge >= 0.3 is 5.97 Å². The summed E-state index contributed by atoms with van der Waals surface area (Å²) in [6.07, 6.45) is 3.18. The number of esters is 1. The van der Waals surface area contributed by atoms with Crippen LogP contribution in [0.4, 0.5) is 5.69 Å². The molecule has 1 unspecified atom stereocenters. The number of carbonyl (C=O) groups excluding carboxylic acids is 1. The fourth-order valence-corrected chi connectivity index (χ4v) is 2.53. The molecule has 0 radical (unpaired) electrons. The Hall–Kier alpha value is -1.56. The molecule has 19 heavy (non-hydrogen) atoms. The number of nitrogens with one attached hydrogen (secondary N) is 1. The highest BCUT2D eigenvalue weighted by molar-refractivity contribution is 7.90. The van der Waals surface area contributed by atoms with Crippen molar-refractivity contribution in [3.8, 4) is 0 Å². The molecular formula is C13H17NO4S. The number of ether oxygens (including phenoxy) is 1. The minimum atomic E-state index is -3.19. The molecule has 0 aliphatic heterocycles. The summed E-state index contributed by atoms with van der Waals surface area (Å²) in [6.45, 7) is 0. The van der Waals surface area contributed by atoms with Gasteiger partial charge in [0, 0.05) is 11.9 Å². The Morgan fingerprint density at radius 2 is 1.89 bits per heavy atom. The second kappa shape index (κ2) is 5.21. The normalized spacial score (nSPS) is 16.7. The summed E-state index contributed by atoms with van der Waals surface area (Å²) in [5, 5.41) is 3.10. The van der Waals surface area contributed by atoms with Gasteiger partial charge in [0.2, 0.25) is 0 Å². The number of benzene rings is 1. The number of carbonyl (C=O) groups is 1. The second-order valence-electron chi connectivity index (χ2n) is 4.78. The van der Waals surface area contributed by atoms with Crippen molar-refractivity contribution in [3.05, 3.63) is 24.3 Å². The third-order valence-corrected chi connectivity index (χ3v) is 4.28. The molecule has 1 aromatic rings. The molecule has 104 valence electrons. The van der Waals surface area contributed by atoms with Crippen molar-refractivity contribution >= 4 is 21.5 Å². The highest BCUT2D eigenvalue weighted by atomic mass is 32.2. The zero-order valence-corrected chi connectivity index (χ0v) is 11.7. The van der Waals surface area contributed by atoms with Gasteiger partial charge in [-0.25, -0.2) is 13.2 Å². The minimum absolute atomic E-state index is 0.263. The van der Waals surface area contributed by atoms with E-state index >= 15 is 0 Å². The molecular weight excluding hydrogens is 266 g/mol. The van der Waals surface area contributed by atoms with E-state index in [9.17, 15) is 13.2 Å². The number of rotatable bonds is 5. The smallest absolute Gasteiger partial charge is 0.328 e. The topological polar surface area (TPSA) is 72.5 Å². The minimum Gasteiger partial charge on any atom is -0.467 e. The molecule has 1 N–H and O–H groups in total. The molecule has 1 aromatic carbocycles. The van der Waals surface area contributed by atoms with E-state index in [0.717, 1.165) is 24.8 Å². The van der Waals surface area contributed by atoms with Crippen LogP contribution in [0.5, 0.6) is 0 Å². The van der Waals surface area contributed by atoms with Crippen LogP contribution in [0.25, 0.3) is 0 Å². The van der Waals surface area contributed by atoms with E-state index in [1.54, 1.807) is 12.1 Å². The molecule has 2 rings (SSSR count). The van der Waals surface area contributed by atoms with Crippen molar-refractivity contribution in [2.24, 2.45) is 5.92 Å². The van der Waals surface area contributed by atoms with Gasteiger partial charge in [-0.1, -0.05) is 0 Å². The van der Waals surface area contributed by atoms with Gasteiger partial charge in [-0.2, -0.15) is 0 Å². The van der Waals surface area contributed by atoms with Gasteiger partial charge in [0.15, 0.2) is 9.84 Å². The molecule has 1 atom stereocenters. The van der Waals surface area contributed by atoms with E-state index in [0.29, 0.717) is 5.92 Å². The van der Waals surface area contributed by atoms with E-state index in [1.165, 1.54) is 19.2 Å². The summed E-state index contributed by atoms with van der Waals surface area (Å²) in [5.41, 5.74) is 0.717. The summed E-state index contributed by atoms with van der Waals surface area (Å²) in [6, 6.07) is 6.02. The first kappa shape index (κ1) is 13.9. The fourth-order valence-electron chi connectivity index (χ4n) is 1.90. The lowest BCUT2D eigenvalue weighted by molar-refractivity contribution is -0.142. The maximum atomic E-state index is 11.6. The Labute approximate surface area is 112 Å². The van der Waals surface area contributed by atoms with Crippen molar-refractivity contribution in [3.63, 3.8) is 0 Å². The first-order chi connectivity index (χ1) is 8.91. The largest absolute Gasteiger partial charge is 0.467 e.